The van der Waals surface area contributed by atoms with E-state index in [1.54, 1.807) is 6.07 Å². The van der Waals surface area contributed by atoms with Crippen LogP contribution in [0.4, 0.5) is 14.6 Å². The minimum Gasteiger partial charge on any atom is -0.369 e. The predicted molar refractivity (Wildman–Crippen MR) is 78.7 cm³/mol. The molecule has 0 spiro atoms. The lowest BCUT2D eigenvalue weighted by atomic mass is 10.2. The van der Waals surface area contributed by atoms with E-state index in [1.807, 2.05) is 13.0 Å². The first-order valence-electron chi connectivity index (χ1n) is 5.71. The Kier molecular flexibility index (Phi) is 4.67. The van der Waals surface area contributed by atoms with E-state index >= 15 is 0 Å². The Morgan fingerprint density at radius 3 is 2.63 bits per heavy atom. The second kappa shape index (κ2) is 6.09. The van der Waals surface area contributed by atoms with Crippen LogP contribution in [0.15, 0.2) is 21.1 Å². The Labute approximate surface area is 126 Å². The van der Waals surface area contributed by atoms with Gasteiger partial charge in [0.05, 0.1) is 5.52 Å². The van der Waals surface area contributed by atoms with Crippen LogP contribution >= 0.6 is 31.9 Å². The number of aromatic nitrogens is 2. The first-order chi connectivity index (χ1) is 9.02. The Morgan fingerprint density at radius 1 is 1.26 bits per heavy atom. The number of halogens is 4. The van der Waals surface area contributed by atoms with Gasteiger partial charge in [-0.1, -0.05) is 22.9 Å². The van der Waals surface area contributed by atoms with Crippen LogP contribution in [0.5, 0.6) is 0 Å². The summed E-state index contributed by atoms with van der Waals surface area (Å²) in [6.07, 6.45) is -1.81. The van der Waals surface area contributed by atoms with Gasteiger partial charge in [0.15, 0.2) is 5.82 Å². The molecule has 2 rings (SSSR count). The fourth-order valence-electron chi connectivity index (χ4n) is 1.65. The summed E-state index contributed by atoms with van der Waals surface area (Å²) in [5.74, 6) is -0.0294. The smallest absolute Gasteiger partial charge is 0.297 e. The summed E-state index contributed by atoms with van der Waals surface area (Å²) in [5.41, 5.74) is 0.479. The number of rotatable bonds is 4. The van der Waals surface area contributed by atoms with Crippen LogP contribution in [-0.2, 0) is 0 Å². The maximum Gasteiger partial charge on any atom is 0.297 e. The molecule has 0 bridgehead atoms. The summed E-state index contributed by atoms with van der Waals surface area (Å²) >= 11 is 6.71. The fraction of sp³-hybridized carbons (Fsp3) is 0.333. The van der Waals surface area contributed by atoms with Crippen LogP contribution in [0, 0.1) is 0 Å². The number of hydrogen-bond acceptors (Lipinski definition) is 3. The average molecular weight is 395 g/mol. The van der Waals surface area contributed by atoms with Gasteiger partial charge in [0.25, 0.3) is 6.43 Å². The van der Waals surface area contributed by atoms with Crippen molar-refractivity contribution in [2.75, 3.05) is 11.9 Å². The molecule has 1 aromatic heterocycles. The molecule has 1 N–H and O–H groups in total. The van der Waals surface area contributed by atoms with Crippen LogP contribution in [0.2, 0.25) is 0 Å². The highest BCUT2D eigenvalue weighted by atomic mass is 79.9. The third kappa shape index (κ3) is 3.20. The Hall–Kier alpha value is -0.820. The molecule has 0 aliphatic heterocycles. The minimum atomic E-state index is -2.69. The topological polar surface area (TPSA) is 37.8 Å². The molecule has 0 aliphatic rings. The van der Waals surface area contributed by atoms with E-state index in [2.05, 4.69) is 47.1 Å². The second-order valence-electron chi connectivity index (χ2n) is 3.94. The maximum absolute atomic E-state index is 12.8. The van der Waals surface area contributed by atoms with Gasteiger partial charge in [-0.2, -0.15) is 0 Å². The van der Waals surface area contributed by atoms with Gasteiger partial charge in [0.1, 0.15) is 5.82 Å². The SMILES string of the molecule is CCCNc1nc(C(F)F)nc2c(Br)cc(Br)cc12. The van der Waals surface area contributed by atoms with Crippen molar-refractivity contribution in [2.24, 2.45) is 0 Å². The van der Waals surface area contributed by atoms with E-state index in [0.29, 0.717) is 27.7 Å². The van der Waals surface area contributed by atoms with Crippen molar-refractivity contribution in [3.63, 3.8) is 0 Å². The van der Waals surface area contributed by atoms with Crippen molar-refractivity contribution in [3.8, 4) is 0 Å². The molecule has 3 nitrogen and oxygen atoms in total. The van der Waals surface area contributed by atoms with E-state index < -0.39 is 12.2 Å². The largest absolute Gasteiger partial charge is 0.369 e. The van der Waals surface area contributed by atoms with Crippen LogP contribution in [-0.4, -0.2) is 16.5 Å². The molecule has 19 heavy (non-hydrogen) atoms. The molecule has 7 heteroatoms. The lowest BCUT2D eigenvalue weighted by molar-refractivity contribution is 0.141. The van der Waals surface area contributed by atoms with Crippen molar-refractivity contribution >= 4 is 48.6 Å². The van der Waals surface area contributed by atoms with Gasteiger partial charge >= 0.3 is 0 Å². The number of nitrogens with one attached hydrogen (secondary N) is 1. The molecule has 0 saturated heterocycles. The molecule has 0 fully saturated rings. The van der Waals surface area contributed by atoms with E-state index in [0.717, 1.165) is 10.9 Å². The highest BCUT2D eigenvalue weighted by molar-refractivity contribution is 9.11. The summed E-state index contributed by atoms with van der Waals surface area (Å²) in [6, 6.07) is 3.58. The fourth-order valence-corrected chi connectivity index (χ4v) is 2.96. The third-order valence-electron chi connectivity index (χ3n) is 2.47. The summed E-state index contributed by atoms with van der Waals surface area (Å²) in [5, 5.41) is 3.77. The highest BCUT2D eigenvalue weighted by Crippen LogP contribution is 2.32. The first kappa shape index (κ1) is 14.6. The normalized spacial score (nSPS) is 11.3. The monoisotopic (exact) mass is 393 g/mol. The number of alkyl halides is 2. The second-order valence-corrected chi connectivity index (χ2v) is 5.71. The quantitative estimate of drug-likeness (QED) is 0.800. The highest BCUT2D eigenvalue weighted by Gasteiger charge is 2.16. The number of hydrogen-bond donors (Lipinski definition) is 1. The number of fused-ring (bicyclic) bond motifs is 1. The molecule has 0 atom stereocenters. The maximum atomic E-state index is 12.8. The van der Waals surface area contributed by atoms with Gasteiger partial charge in [0.2, 0.25) is 0 Å². The molecule has 1 heterocycles. The molecule has 0 unspecified atom stereocenters. The number of anilines is 1. The molecule has 0 aliphatic carbocycles. The Bertz CT molecular complexity index is 605. The molecule has 0 amide bonds. The molecular formula is C12H11Br2F2N3. The van der Waals surface area contributed by atoms with Crippen molar-refractivity contribution in [1.29, 1.82) is 0 Å². The minimum absolute atomic E-state index is 0.434. The molecular weight excluding hydrogens is 384 g/mol. The van der Waals surface area contributed by atoms with Gasteiger partial charge in [-0.15, -0.1) is 0 Å². The van der Waals surface area contributed by atoms with Gasteiger partial charge in [0, 0.05) is 20.9 Å². The summed E-state index contributed by atoms with van der Waals surface area (Å²) in [6.45, 7) is 2.66. The average Bonchev–Trinajstić information content (AvgIpc) is 2.35. The van der Waals surface area contributed by atoms with Crippen LogP contribution < -0.4 is 5.32 Å². The zero-order chi connectivity index (χ0) is 14.0. The lowest BCUT2D eigenvalue weighted by Crippen LogP contribution is -2.07. The number of benzene rings is 1. The van der Waals surface area contributed by atoms with Gasteiger partial charge < -0.3 is 5.32 Å². The molecule has 1 aromatic carbocycles. The Balaban J connectivity index is 2.67. The van der Waals surface area contributed by atoms with Gasteiger partial charge in [-0.25, -0.2) is 18.7 Å². The van der Waals surface area contributed by atoms with Gasteiger partial charge in [-0.05, 0) is 34.5 Å². The van der Waals surface area contributed by atoms with Crippen molar-refractivity contribution in [1.82, 2.24) is 9.97 Å². The van der Waals surface area contributed by atoms with E-state index in [1.165, 1.54) is 0 Å². The van der Waals surface area contributed by atoms with Crippen molar-refractivity contribution in [3.05, 3.63) is 26.9 Å². The summed E-state index contributed by atoms with van der Waals surface area (Å²) in [7, 11) is 0. The third-order valence-corrected chi connectivity index (χ3v) is 3.54. The lowest BCUT2D eigenvalue weighted by Gasteiger charge is -2.11. The van der Waals surface area contributed by atoms with Gasteiger partial charge in [-0.3, -0.25) is 0 Å². The zero-order valence-corrected chi connectivity index (χ0v) is 13.2. The Morgan fingerprint density at radius 2 is 2.00 bits per heavy atom. The molecule has 0 saturated carbocycles. The molecule has 2 aromatic rings. The number of nitrogens with zero attached hydrogens (tertiary/aromatic N) is 2. The standard InChI is InChI=1S/C12H11Br2F2N3/c1-2-3-17-11-7-4-6(13)5-8(14)9(7)18-12(19-11)10(15)16/h4-5,10H,2-3H2,1H3,(H,17,18,19). The van der Waals surface area contributed by atoms with Crippen molar-refractivity contribution in [2.45, 2.75) is 19.8 Å². The van der Waals surface area contributed by atoms with E-state index in [-0.39, 0.29) is 0 Å². The molecule has 102 valence electrons. The first-order valence-corrected chi connectivity index (χ1v) is 7.30. The van der Waals surface area contributed by atoms with Crippen molar-refractivity contribution < 1.29 is 8.78 Å². The van der Waals surface area contributed by atoms with Crippen LogP contribution in [0.25, 0.3) is 10.9 Å². The summed E-state index contributed by atoms with van der Waals surface area (Å²) in [4.78, 5) is 7.82. The molecule has 0 radical (unpaired) electrons. The van der Waals surface area contributed by atoms with E-state index in [9.17, 15) is 8.78 Å². The predicted octanol–water partition coefficient (Wildman–Crippen LogP) is 4.91. The van der Waals surface area contributed by atoms with Crippen LogP contribution in [0.1, 0.15) is 25.6 Å². The zero-order valence-electron chi connectivity index (χ0n) is 10.1. The van der Waals surface area contributed by atoms with Crippen LogP contribution in [0.3, 0.4) is 0 Å². The van der Waals surface area contributed by atoms with E-state index in [4.69, 9.17) is 0 Å². The summed E-state index contributed by atoms with van der Waals surface area (Å²) < 4.78 is 27.1.